The average molecular weight is 273 g/mol. The standard InChI is InChI=1S/C13H11N3O2S/c1-15-11(17)9-12(16(2)13(15)18)19-10(14-9)8-6-4-3-5-7-8/h3-7H,1-2H3. The van der Waals surface area contributed by atoms with Gasteiger partial charge in [-0.15, -0.1) is 0 Å². The van der Waals surface area contributed by atoms with Gasteiger partial charge in [0.1, 0.15) is 9.84 Å². The Balaban J connectivity index is 2.40. The van der Waals surface area contributed by atoms with E-state index in [1.807, 2.05) is 30.3 Å². The van der Waals surface area contributed by atoms with Gasteiger partial charge >= 0.3 is 5.69 Å². The molecule has 0 atom stereocenters. The van der Waals surface area contributed by atoms with Crippen molar-refractivity contribution in [1.82, 2.24) is 14.1 Å². The Morgan fingerprint density at radius 2 is 1.74 bits per heavy atom. The zero-order valence-corrected chi connectivity index (χ0v) is 11.3. The first kappa shape index (κ1) is 11.9. The van der Waals surface area contributed by atoms with E-state index in [0.29, 0.717) is 10.3 Å². The maximum absolute atomic E-state index is 12.0. The van der Waals surface area contributed by atoms with E-state index in [4.69, 9.17) is 0 Å². The number of thiazole rings is 1. The van der Waals surface area contributed by atoms with Crippen LogP contribution in [-0.4, -0.2) is 14.1 Å². The molecule has 0 aliphatic carbocycles. The summed E-state index contributed by atoms with van der Waals surface area (Å²) in [6.07, 6.45) is 0. The maximum Gasteiger partial charge on any atom is 0.331 e. The first-order valence-corrected chi connectivity index (χ1v) is 6.53. The number of aromatic nitrogens is 3. The molecule has 1 aromatic carbocycles. The van der Waals surface area contributed by atoms with Gasteiger partial charge in [0.25, 0.3) is 5.56 Å². The highest BCUT2D eigenvalue weighted by molar-refractivity contribution is 7.21. The molecule has 2 heterocycles. The fourth-order valence-electron chi connectivity index (χ4n) is 1.94. The molecule has 0 amide bonds. The van der Waals surface area contributed by atoms with Gasteiger partial charge in [-0.25, -0.2) is 9.78 Å². The molecule has 0 saturated carbocycles. The highest BCUT2D eigenvalue weighted by Gasteiger charge is 2.14. The molecule has 0 spiro atoms. The Bertz CT molecular complexity index is 875. The fraction of sp³-hybridized carbons (Fsp3) is 0.154. The summed E-state index contributed by atoms with van der Waals surface area (Å²) in [6.45, 7) is 0. The summed E-state index contributed by atoms with van der Waals surface area (Å²) in [5, 5.41) is 0.744. The molecule has 3 rings (SSSR count). The summed E-state index contributed by atoms with van der Waals surface area (Å²) in [6, 6.07) is 9.61. The van der Waals surface area contributed by atoms with Crippen molar-refractivity contribution in [3.8, 4) is 10.6 Å². The first-order valence-electron chi connectivity index (χ1n) is 5.71. The van der Waals surface area contributed by atoms with E-state index in [0.717, 1.165) is 15.1 Å². The molecular weight excluding hydrogens is 262 g/mol. The van der Waals surface area contributed by atoms with Crippen molar-refractivity contribution in [2.24, 2.45) is 14.1 Å². The molecule has 19 heavy (non-hydrogen) atoms. The van der Waals surface area contributed by atoms with Crippen LogP contribution in [0.4, 0.5) is 0 Å². The summed E-state index contributed by atoms with van der Waals surface area (Å²) in [7, 11) is 3.11. The highest BCUT2D eigenvalue weighted by Crippen LogP contribution is 2.27. The van der Waals surface area contributed by atoms with E-state index in [1.165, 1.54) is 23.0 Å². The number of nitrogens with zero attached hydrogens (tertiary/aromatic N) is 3. The summed E-state index contributed by atoms with van der Waals surface area (Å²) < 4.78 is 2.54. The predicted octanol–water partition coefficient (Wildman–Crippen LogP) is 1.36. The van der Waals surface area contributed by atoms with Gasteiger partial charge in [0.15, 0.2) is 5.52 Å². The number of aryl methyl sites for hydroxylation is 1. The molecule has 2 aromatic heterocycles. The molecule has 0 saturated heterocycles. The second kappa shape index (κ2) is 4.17. The van der Waals surface area contributed by atoms with Crippen LogP contribution in [0.25, 0.3) is 20.9 Å². The Kier molecular flexibility index (Phi) is 2.60. The van der Waals surface area contributed by atoms with Gasteiger partial charge in [-0.2, -0.15) is 0 Å². The van der Waals surface area contributed by atoms with Gasteiger partial charge in [0, 0.05) is 19.7 Å². The van der Waals surface area contributed by atoms with Crippen molar-refractivity contribution in [1.29, 1.82) is 0 Å². The van der Waals surface area contributed by atoms with E-state index < -0.39 is 0 Å². The molecule has 6 heteroatoms. The Labute approximate surface area is 112 Å². The number of rotatable bonds is 1. The summed E-state index contributed by atoms with van der Waals surface area (Å²) in [5.74, 6) is 0. The molecule has 0 radical (unpaired) electrons. The summed E-state index contributed by atoms with van der Waals surface area (Å²) in [5.41, 5.74) is 0.601. The lowest BCUT2D eigenvalue weighted by atomic mass is 10.2. The summed E-state index contributed by atoms with van der Waals surface area (Å²) >= 11 is 1.35. The van der Waals surface area contributed by atoms with Crippen molar-refractivity contribution in [2.75, 3.05) is 0 Å². The Morgan fingerprint density at radius 1 is 1.05 bits per heavy atom. The van der Waals surface area contributed by atoms with Crippen LogP contribution >= 0.6 is 11.3 Å². The monoisotopic (exact) mass is 273 g/mol. The minimum atomic E-state index is -0.350. The zero-order valence-electron chi connectivity index (χ0n) is 10.5. The maximum atomic E-state index is 12.0. The third kappa shape index (κ3) is 1.72. The molecule has 0 aliphatic rings. The van der Waals surface area contributed by atoms with Crippen LogP contribution in [-0.2, 0) is 14.1 Å². The molecule has 96 valence electrons. The second-order valence-electron chi connectivity index (χ2n) is 4.24. The number of hydrogen-bond donors (Lipinski definition) is 0. The van der Waals surface area contributed by atoms with Crippen LogP contribution in [0.2, 0.25) is 0 Å². The summed E-state index contributed by atoms with van der Waals surface area (Å²) in [4.78, 5) is 28.9. The minimum absolute atomic E-state index is 0.333. The van der Waals surface area contributed by atoms with Crippen LogP contribution in [0, 0.1) is 0 Å². The van der Waals surface area contributed by atoms with Crippen molar-refractivity contribution >= 4 is 21.7 Å². The lowest BCUT2D eigenvalue weighted by Crippen LogP contribution is -2.36. The quantitative estimate of drug-likeness (QED) is 0.672. The second-order valence-corrected chi connectivity index (χ2v) is 5.22. The van der Waals surface area contributed by atoms with E-state index in [2.05, 4.69) is 4.98 Å². The van der Waals surface area contributed by atoms with Crippen LogP contribution in [0.3, 0.4) is 0 Å². The van der Waals surface area contributed by atoms with Gasteiger partial charge in [-0.05, 0) is 0 Å². The number of benzene rings is 1. The van der Waals surface area contributed by atoms with Crippen LogP contribution in [0.1, 0.15) is 0 Å². The normalized spacial score (nSPS) is 11.1. The van der Waals surface area contributed by atoms with Gasteiger partial charge in [0.2, 0.25) is 0 Å². The van der Waals surface area contributed by atoms with E-state index in [9.17, 15) is 9.59 Å². The minimum Gasteiger partial charge on any atom is -0.286 e. The lowest BCUT2D eigenvalue weighted by molar-refractivity contribution is 0.715. The van der Waals surface area contributed by atoms with E-state index in [-0.39, 0.29) is 11.2 Å². The average Bonchev–Trinajstić information content (AvgIpc) is 2.89. The SMILES string of the molecule is Cn1c(=O)c2nc(-c3ccccc3)sc2n(C)c1=O. The molecule has 0 unspecified atom stereocenters. The number of fused-ring (bicyclic) bond motifs is 1. The van der Waals surface area contributed by atoms with E-state index in [1.54, 1.807) is 7.05 Å². The zero-order chi connectivity index (χ0) is 13.6. The highest BCUT2D eigenvalue weighted by atomic mass is 32.1. The molecule has 0 bridgehead atoms. The number of hydrogen-bond acceptors (Lipinski definition) is 4. The van der Waals surface area contributed by atoms with Crippen LogP contribution in [0.5, 0.6) is 0 Å². The van der Waals surface area contributed by atoms with E-state index >= 15 is 0 Å². The topological polar surface area (TPSA) is 56.9 Å². The van der Waals surface area contributed by atoms with Gasteiger partial charge in [-0.3, -0.25) is 13.9 Å². The molecule has 0 N–H and O–H groups in total. The Hall–Kier alpha value is -2.21. The van der Waals surface area contributed by atoms with Crippen LogP contribution in [0.15, 0.2) is 39.9 Å². The smallest absolute Gasteiger partial charge is 0.286 e. The van der Waals surface area contributed by atoms with Crippen molar-refractivity contribution in [2.45, 2.75) is 0 Å². The first-order chi connectivity index (χ1) is 9.09. The Morgan fingerprint density at radius 3 is 2.42 bits per heavy atom. The fourth-order valence-corrected chi connectivity index (χ4v) is 2.96. The van der Waals surface area contributed by atoms with Crippen molar-refractivity contribution in [3.05, 3.63) is 51.2 Å². The molecule has 0 aliphatic heterocycles. The third-order valence-corrected chi connectivity index (χ3v) is 4.20. The predicted molar refractivity (Wildman–Crippen MR) is 75.5 cm³/mol. The van der Waals surface area contributed by atoms with Crippen LogP contribution < -0.4 is 11.2 Å². The van der Waals surface area contributed by atoms with Gasteiger partial charge in [-0.1, -0.05) is 41.7 Å². The molecular formula is C13H11N3O2S. The van der Waals surface area contributed by atoms with Gasteiger partial charge in [0.05, 0.1) is 0 Å². The van der Waals surface area contributed by atoms with Crippen molar-refractivity contribution in [3.63, 3.8) is 0 Å². The molecule has 5 nitrogen and oxygen atoms in total. The molecule has 3 aromatic rings. The van der Waals surface area contributed by atoms with Crippen molar-refractivity contribution < 1.29 is 0 Å². The largest absolute Gasteiger partial charge is 0.331 e. The lowest BCUT2D eigenvalue weighted by Gasteiger charge is -2.00. The van der Waals surface area contributed by atoms with Gasteiger partial charge < -0.3 is 0 Å². The molecule has 0 fully saturated rings. The third-order valence-electron chi connectivity index (χ3n) is 3.02.